The van der Waals surface area contributed by atoms with Gasteiger partial charge in [0.15, 0.2) is 0 Å². The van der Waals surface area contributed by atoms with Crippen molar-refractivity contribution in [3.05, 3.63) is 0 Å². The molecule has 0 aromatic rings. The molecule has 2 aliphatic heterocycles. The maximum Gasteiger partial charge on any atom is 0.423 e. The van der Waals surface area contributed by atoms with Crippen molar-refractivity contribution in [1.29, 1.82) is 0 Å². The molecule has 1 spiro atoms. The highest BCUT2D eigenvalue weighted by Gasteiger charge is 2.59. The maximum absolute atomic E-state index is 12.4. The van der Waals surface area contributed by atoms with Crippen LogP contribution < -0.4 is 5.32 Å². The minimum absolute atomic E-state index is 0.107. The van der Waals surface area contributed by atoms with E-state index in [1.54, 1.807) is 0 Å². The van der Waals surface area contributed by atoms with E-state index < -0.39 is 24.9 Å². The second kappa shape index (κ2) is 6.14. The summed E-state index contributed by atoms with van der Waals surface area (Å²) in [7, 11) is 0. The summed E-state index contributed by atoms with van der Waals surface area (Å²) in [6.45, 7) is 1.20. The molecule has 0 aromatic carbocycles. The van der Waals surface area contributed by atoms with Crippen molar-refractivity contribution >= 4 is 0 Å². The summed E-state index contributed by atoms with van der Waals surface area (Å²) in [4.78, 5) is 1.09. The maximum atomic E-state index is 12.4. The summed E-state index contributed by atoms with van der Waals surface area (Å²) in [5.41, 5.74) is -0.107. The average Bonchev–Trinajstić information content (AvgIpc) is 2.82. The number of aliphatic hydroxyl groups is 1. The summed E-state index contributed by atoms with van der Waals surface area (Å²) >= 11 is 0. The van der Waals surface area contributed by atoms with Crippen molar-refractivity contribution in [1.82, 2.24) is 10.2 Å². The van der Waals surface area contributed by atoms with Gasteiger partial charge >= 0.3 is 12.4 Å². The zero-order valence-electron chi connectivity index (χ0n) is 11.7. The van der Waals surface area contributed by atoms with Crippen LogP contribution in [0, 0.1) is 0 Å². The molecule has 2 aliphatic rings. The molecular formula is C12H18F6N2O2. The fraction of sp³-hybridized carbons (Fsp3) is 1.00. The third kappa shape index (κ3) is 4.03. The van der Waals surface area contributed by atoms with Crippen molar-refractivity contribution in [2.45, 2.75) is 56.1 Å². The summed E-state index contributed by atoms with van der Waals surface area (Å²) in [6.07, 6.45) is -14.4. The zero-order chi connectivity index (χ0) is 16.6. The van der Waals surface area contributed by atoms with Crippen molar-refractivity contribution in [2.24, 2.45) is 0 Å². The van der Waals surface area contributed by atoms with Gasteiger partial charge in [0.2, 0.25) is 6.41 Å². The molecule has 130 valence electrons. The predicted octanol–water partition coefficient (Wildman–Crippen LogP) is 1.99. The Kier molecular flexibility index (Phi) is 4.96. The van der Waals surface area contributed by atoms with Gasteiger partial charge in [0, 0.05) is 18.6 Å². The average molecular weight is 336 g/mol. The van der Waals surface area contributed by atoms with Crippen molar-refractivity contribution in [2.75, 3.05) is 19.6 Å². The van der Waals surface area contributed by atoms with E-state index >= 15 is 0 Å². The molecule has 0 bridgehead atoms. The van der Waals surface area contributed by atoms with Crippen LogP contribution in [0.4, 0.5) is 26.3 Å². The lowest BCUT2D eigenvalue weighted by Crippen LogP contribution is -2.55. The molecule has 2 heterocycles. The zero-order valence-corrected chi connectivity index (χ0v) is 11.7. The number of aliphatic hydroxyl groups excluding tert-OH is 1. The lowest BCUT2D eigenvalue weighted by molar-refractivity contribution is -0.367. The van der Waals surface area contributed by atoms with Gasteiger partial charge in [-0.2, -0.15) is 26.3 Å². The quantitative estimate of drug-likeness (QED) is 0.611. The van der Waals surface area contributed by atoms with Gasteiger partial charge in [-0.05, 0) is 32.2 Å². The van der Waals surface area contributed by atoms with Gasteiger partial charge in [-0.3, -0.25) is 4.90 Å². The molecule has 10 heteroatoms. The second-order valence-electron chi connectivity index (χ2n) is 5.77. The molecule has 2 rings (SSSR count). The van der Waals surface area contributed by atoms with Crippen LogP contribution in [-0.2, 0) is 4.74 Å². The van der Waals surface area contributed by atoms with Gasteiger partial charge in [0.25, 0.3) is 6.10 Å². The van der Waals surface area contributed by atoms with Gasteiger partial charge in [-0.1, -0.05) is 0 Å². The molecule has 4 nitrogen and oxygen atoms in total. The van der Waals surface area contributed by atoms with E-state index in [2.05, 4.69) is 10.1 Å². The van der Waals surface area contributed by atoms with Crippen LogP contribution in [0.5, 0.6) is 0 Å². The number of nitrogens with zero attached hydrogens (tertiary/aromatic N) is 1. The highest BCUT2D eigenvalue weighted by atomic mass is 19.4. The largest absolute Gasteiger partial charge is 0.423 e. The Balaban J connectivity index is 1.93. The van der Waals surface area contributed by atoms with Gasteiger partial charge in [0.05, 0.1) is 0 Å². The Morgan fingerprint density at radius 1 is 1.00 bits per heavy atom. The summed E-state index contributed by atoms with van der Waals surface area (Å²) in [6, 6.07) is 0. The number of hydrogen-bond donors (Lipinski definition) is 2. The first kappa shape index (κ1) is 17.8. The predicted molar refractivity (Wildman–Crippen MR) is 63.8 cm³/mol. The van der Waals surface area contributed by atoms with E-state index in [1.807, 2.05) is 0 Å². The summed E-state index contributed by atoms with van der Waals surface area (Å²) in [5.74, 6) is 0. The normalized spacial score (nSPS) is 25.1. The SMILES string of the molecule is OC(OC(C(F)(F)F)C(F)(F)F)N1CCC2(CCCN2)CC1. The van der Waals surface area contributed by atoms with E-state index in [4.69, 9.17) is 0 Å². The van der Waals surface area contributed by atoms with E-state index in [-0.39, 0.29) is 18.6 Å². The number of piperidine rings is 1. The molecular weight excluding hydrogens is 318 g/mol. The van der Waals surface area contributed by atoms with Crippen LogP contribution >= 0.6 is 0 Å². The smallest absolute Gasteiger partial charge is 0.356 e. The first-order valence-corrected chi connectivity index (χ1v) is 7.00. The van der Waals surface area contributed by atoms with Gasteiger partial charge < -0.3 is 15.2 Å². The van der Waals surface area contributed by atoms with Crippen LogP contribution in [0.25, 0.3) is 0 Å². The first-order valence-electron chi connectivity index (χ1n) is 7.00. The van der Waals surface area contributed by atoms with E-state index in [9.17, 15) is 31.4 Å². The Morgan fingerprint density at radius 3 is 1.95 bits per heavy atom. The van der Waals surface area contributed by atoms with Gasteiger partial charge in [-0.25, -0.2) is 0 Å². The lowest BCUT2D eigenvalue weighted by Gasteiger charge is -2.41. The second-order valence-corrected chi connectivity index (χ2v) is 5.77. The summed E-state index contributed by atoms with van der Waals surface area (Å²) < 4.78 is 78.3. The number of nitrogens with one attached hydrogen (secondary N) is 1. The Hall–Kier alpha value is -0.580. The molecule has 0 aromatic heterocycles. The van der Waals surface area contributed by atoms with Crippen LogP contribution in [0.2, 0.25) is 0 Å². The molecule has 0 amide bonds. The molecule has 0 radical (unpaired) electrons. The number of ether oxygens (including phenoxy) is 1. The molecule has 1 unspecified atom stereocenters. The molecule has 2 saturated heterocycles. The lowest BCUT2D eigenvalue weighted by atomic mass is 9.86. The third-order valence-electron chi connectivity index (χ3n) is 4.25. The number of rotatable bonds is 3. The molecule has 2 N–H and O–H groups in total. The third-order valence-corrected chi connectivity index (χ3v) is 4.25. The van der Waals surface area contributed by atoms with E-state index in [1.165, 1.54) is 0 Å². The van der Waals surface area contributed by atoms with Crippen LogP contribution in [0.3, 0.4) is 0 Å². The van der Waals surface area contributed by atoms with Crippen LogP contribution in [0.15, 0.2) is 0 Å². The minimum atomic E-state index is -5.62. The minimum Gasteiger partial charge on any atom is -0.356 e. The molecule has 22 heavy (non-hydrogen) atoms. The van der Waals surface area contributed by atoms with Crippen molar-refractivity contribution in [3.63, 3.8) is 0 Å². The van der Waals surface area contributed by atoms with Crippen molar-refractivity contribution < 1.29 is 36.2 Å². The monoisotopic (exact) mass is 336 g/mol. The Bertz CT molecular complexity index is 357. The first-order chi connectivity index (χ1) is 10.0. The highest BCUT2D eigenvalue weighted by molar-refractivity contribution is 4.97. The fourth-order valence-corrected chi connectivity index (χ4v) is 3.02. The number of halogens is 6. The summed E-state index contributed by atoms with van der Waals surface area (Å²) in [5, 5.41) is 12.9. The number of hydrogen-bond acceptors (Lipinski definition) is 4. The molecule has 2 fully saturated rings. The van der Waals surface area contributed by atoms with Crippen LogP contribution in [0.1, 0.15) is 25.7 Å². The molecule has 0 aliphatic carbocycles. The van der Waals surface area contributed by atoms with Gasteiger partial charge in [-0.15, -0.1) is 0 Å². The number of alkyl halides is 6. The topological polar surface area (TPSA) is 44.7 Å². The van der Waals surface area contributed by atoms with E-state index in [0.717, 1.165) is 24.3 Å². The van der Waals surface area contributed by atoms with Crippen LogP contribution in [-0.4, -0.2) is 60.1 Å². The van der Waals surface area contributed by atoms with Crippen molar-refractivity contribution in [3.8, 4) is 0 Å². The Labute approximate surface area is 123 Å². The molecule has 1 atom stereocenters. The standard InChI is InChI=1S/C12H18F6N2O2/c13-11(14,15)8(12(16,17)18)22-9(21)20-6-3-10(4-7-20)2-1-5-19-10/h8-9,19,21H,1-7H2. The number of likely N-dealkylation sites (tertiary alicyclic amines) is 1. The highest BCUT2D eigenvalue weighted by Crippen LogP contribution is 2.37. The van der Waals surface area contributed by atoms with Gasteiger partial charge in [0.1, 0.15) is 0 Å². The van der Waals surface area contributed by atoms with E-state index in [0.29, 0.717) is 12.8 Å². The fourth-order valence-electron chi connectivity index (χ4n) is 3.02. The molecule has 0 saturated carbocycles. The Morgan fingerprint density at radius 2 is 1.55 bits per heavy atom.